The van der Waals surface area contributed by atoms with E-state index in [9.17, 15) is 0 Å². The molecule has 0 aliphatic carbocycles. The van der Waals surface area contributed by atoms with Crippen LogP contribution >= 0.6 is 12.4 Å². The van der Waals surface area contributed by atoms with Crippen LogP contribution in [-0.4, -0.2) is 13.6 Å². The number of hydrogen-bond acceptors (Lipinski definition) is 2. The van der Waals surface area contributed by atoms with Crippen molar-refractivity contribution in [1.29, 1.82) is 0 Å². The molecule has 28 valence electrons. The molecule has 0 aromatic heterocycles. The zero-order valence-electron chi connectivity index (χ0n) is 1.43. The van der Waals surface area contributed by atoms with Gasteiger partial charge in [-0.15, -0.1) is 12.4 Å². The van der Waals surface area contributed by atoms with Crippen molar-refractivity contribution in [3.05, 3.63) is 0 Å². The third kappa shape index (κ3) is 48.9. The van der Waals surface area contributed by atoms with Crippen molar-refractivity contribution < 1.29 is 5.21 Å². The first-order valence-corrected chi connectivity index (χ1v) is 0.258. The highest BCUT2D eigenvalue weighted by molar-refractivity contribution is 5.85. The van der Waals surface area contributed by atoms with Gasteiger partial charge in [0.25, 0.3) is 0 Å². The van der Waals surface area contributed by atoms with E-state index in [-0.39, 0.29) is 20.8 Å². The number of nitrogens with two attached hydrogens (primary N) is 1. The molecule has 0 radical (unpaired) electrons. The summed E-state index contributed by atoms with van der Waals surface area (Å²) in [5, 5.41) is 6.50. The van der Waals surface area contributed by atoms with E-state index in [2.05, 4.69) is 5.90 Å². The largest absolute Gasteiger partial charge is 0.320 e. The second-order valence-electron chi connectivity index (χ2n) is 0. The summed E-state index contributed by atoms with van der Waals surface area (Å²) in [5.74, 6) is 3.50. The topological polar surface area (TPSA) is 46.2 Å². The molecular weight excluding hydrogens is 76.3 g/mol. The molecule has 0 aromatic carbocycles. The van der Waals surface area contributed by atoms with Gasteiger partial charge in [-0.1, -0.05) is 0 Å². The maximum atomic E-state index is 6.50. The van der Waals surface area contributed by atoms with Crippen LogP contribution in [0.4, 0.5) is 0 Å². The van der Waals surface area contributed by atoms with Crippen molar-refractivity contribution in [2.24, 2.45) is 5.90 Å². The molecule has 4 heavy (non-hydrogen) atoms. The number of rotatable bonds is 0. The van der Waals surface area contributed by atoms with Gasteiger partial charge in [0.05, 0.1) is 8.41 Å². The molecular formula is H7BClNO. The molecule has 2 nitrogen and oxygen atoms in total. The van der Waals surface area contributed by atoms with Crippen LogP contribution in [0.3, 0.4) is 0 Å². The normalized spacial score (nSPS) is 1.50. The molecule has 3 N–H and O–H groups in total. The van der Waals surface area contributed by atoms with Crippen molar-refractivity contribution in [3.63, 3.8) is 0 Å². The first-order chi connectivity index (χ1) is 1.00. The van der Waals surface area contributed by atoms with E-state index in [0.717, 1.165) is 0 Å². The Balaban J connectivity index is -0.00000000500. The molecule has 0 unspecified atom stereocenters. The van der Waals surface area contributed by atoms with Crippen LogP contribution in [0.1, 0.15) is 0 Å². The highest BCUT2D eigenvalue weighted by Crippen LogP contribution is 0.690. The molecule has 0 rings (SSSR count). The zero-order chi connectivity index (χ0) is 2.00. The summed E-state index contributed by atoms with van der Waals surface area (Å²) in [6.07, 6.45) is 0. The first-order valence-electron chi connectivity index (χ1n) is 0.258. The molecule has 0 saturated carbocycles. The summed E-state index contributed by atoms with van der Waals surface area (Å²) >= 11 is 0. The van der Waals surface area contributed by atoms with Gasteiger partial charge in [0, 0.05) is 0 Å². The maximum absolute atomic E-state index is 6.50. The van der Waals surface area contributed by atoms with Crippen molar-refractivity contribution in [2.75, 3.05) is 0 Å². The van der Waals surface area contributed by atoms with Gasteiger partial charge in [-0.05, 0) is 0 Å². The van der Waals surface area contributed by atoms with E-state index in [0.29, 0.717) is 0 Å². The Kier molecular flexibility index (Phi) is 1580. The third-order valence-electron chi connectivity index (χ3n) is 0. The minimum Gasteiger partial charge on any atom is -0.320 e. The third-order valence-corrected chi connectivity index (χ3v) is 0. The predicted molar refractivity (Wildman–Crippen MR) is 23.2 cm³/mol. The first kappa shape index (κ1) is 28.2. The van der Waals surface area contributed by atoms with Gasteiger partial charge in [0.1, 0.15) is 0 Å². The SMILES string of the molecule is B.Cl.NO. The lowest BCUT2D eigenvalue weighted by atomic mass is 10.8. The summed E-state index contributed by atoms with van der Waals surface area (Å²) in [5.41, 5.74) is 0. The van der Waals surface area contributed by atoms with Gasteiger partial charge in [-0.2, -0.15) is 0 Å². The lowest BCUT2D eigenvalue weighted by Crippen LogP contribution is -1.72. The molecule has 0 atom stereocenters. The highest BCUT2D eigenvalue weighted by atomic mass is 35.5. The molecule has 0 bridgehead atoms. The summed E-state index contributed by atoms with van der Waals surface area (Å²) in [7, 11) is 0. The molecule has 0 spiro atoms. The van der Waals surface area contributed by atoms with Crippen LogP contribution in [0.2, 0.25) is 0 Å². The fraction of sp³-hybridized carbons (Fsp3) is 0. The average Bonchev–Trinajstić information content (AvgIpc) is 1.00. The quantitative estimate of drug-likeness (QED) is 0.279. The molecule has 0 amide bonds. The van der Waals surface area contributed by atoms with Crippen molar-refractivity contribution in [1.82, 2.24) is 0 Å². The smallest absolute Gasteiger partial charge is 0.0814 e. The summed E-state index contributed by atoms with van der Waals surface area (Å²) < 4.78 is 0. The Bertz CT molecular complexity index is 8.00. The van der Waals surface area contributed by atoms with E-state index < -0.39 is 0 Å². The highest BCUT2D eigenvalue weighted by Gasteiger charge is 0.732. The van der Waals surface area contributed by atoms with E-state index in [1.807, 2.05) is 0 Å². The Labute approximate surface area is 32.9 Å². The van der Waals surface area contributed by atoms with Gasteiger partial charge in [-0.25, -0.2) is 5.90 Å². The molecule has 0 fully saturated rings. The van der Waals surface area contributed by atoms with Crippen LogP contribution in [-0.2, 0) is 0 Å². The molecule has 0 aliphatic heterocycles. The van der Waals surface area contributed by atoms with Crippen LogP contribution in [0.25, 0.3) is 0 Å². The minimum absolute atomic E-state index is 0. The van der Waals surface area contributed by atoms with Crippen LogP contribution in [0, 0.1) is 0 Å². The van der Waals surface area contributed by atoms with Crippen LogP contribution in [0.5, 0.6) is 0 Å². The molecule has 0 heterocycles. The van der Waals surface area contributed by atoms with E-state index in [1.54, 1.807) is 0 Å². The zero-order valence-corrected chi connectivity index (χ0v) is 2.25. The fourth-order valence-electron chi connectivity index (χ4n) is 0. The molecule has 0 aliphatic rings. The van der Waals surface area contributed by atoms with E-state index >= 15 is 0 Å². The monoisotopic (exact) mass is 83.0 g/mol. The summed E-state index contributed by atoms with van der Waals surface area (Å²) in [4.78, 5) is 0. The lowest BCUT2D eigenvalue weighted by Gasteiger charge is -1.27. The Morgan fingerprint density at radius 1 is 1.25 bits per heavy atom. The van der Waals surface area contributed by atoms with Gasteiger partial charge in [-0.3, -0.25) is 0 Å². The van der Waals surface area contributed by atoms with Crippen molar-refractivity contribution in [2.45, 2.75) is 0 Å². The second kappa shape index (κ2) is 224. The van der Waals surface area contributed by atoms with E-state index in [4.69, 9.17) is 5.21 Å². The Hall–Kier alpha value is 0.275. The van der Waals surface area contributed by atoms with Crippen LogP contribution < -0.4 is 5.90 Å². The predicted octanol–water partition coefficient (Wildman–Crippen LogP) is -1.43. The Morgan fingerprint density at radius 3 is 1.25 bits per heavy atom. The molecule has 0 aromatic rings. The number of halogens is 1. The van der Waals surface area contributed by atoms with Crippen molar-refractivity contribution >= 4 is 20.8 Å². The lowest BCUT2D eigenvalue weighted by molar-refractivity contribution is 0.311. The van der Waals surface area contributed by atoms with Gasteiger partial charge in [0.2, 0.25) is 0 Å². The van der Waals surface area contributed by atoms with Gasteiger partial charge < -0.3 is 5.21 Å². The minimum atomic E-state index is 0. The number of hydrogen-bond donors (Lipinski definition) is 2. The summed E-state index contributed by atoms with van der Waals surface area (Å²) in [6.45, 7) is 0. The van der Waals surface area contributed by atoms with Crippen molar-refractivity contribution in [3.8, 4) is 0 Å². The van der Waals surface area contributed by atoms with Crippen LogP contribution in [0.15, 0.2) is 0 Å². The Morgan fingerprint density at radius 2 is 1.25 bits per heavy atom. The maximum Gasteiger partial charge on any atom is 0.0814 e. The summed E-state index contributed by atoms with van der Waals surface area (Å²) in [6, 6.07) is 0. The van der Waals surface area contributed by atoms with E-state index in [1.165, 1.54) is 0 Å². The molecule has 4 heteroatoms. The fourth-order valence-corrected chi connectivity index (χ4v) is 0. The molecule has 0 saturated heterocycles. The standard InChI is InChI=1S/BH3.ClH.H3NO/c;;1-2/h1H3;1H;2H,1H2. The average molecular weight is 83.3 g/mol. The van der Waals surface area contributed by atoms with Gasteiger partial charge in [0.15, 0.2) is 0 Å². The second-order valence-corrected chi connectivity index (χ2v) is 0. The van der Waals surface area contributed by atoms with Gasteiger partial charge >= 0.3 is 0 Å².